The molecule has 0 bridgehead atoms. The average molecular weight is 369 g/mol. The lowest BCUT2D eigenvalue weighted by Gasteiger charge is -2.24. The van der Waals surface area contributed by atoms with Crippen LogP contribution in [-0.2, 0) is 9.59 Å². The molecular formula is C19H19N3O5. The highest BCUT2D eigenvalue weighted by atomic mass is 16.6. The number of nitrogens with one attached hydrogen (secondary N) is 1. The molecule has 1 N–H and O–H groups in total. The largest absolute Gasteiger partial charge is 0.477 e. The van der Waals surface area contributed by atoms with Crippen LogP contribution < -0.4 is 10.1 Å². The second-order valence-corrected chi connectivity index (χ2v) is 6.11. The van der Waals surface area contributed by atoms with Crippen LogP contribution in [-0.4, -0.2) is 40.8 Å². The van der Waals surface area contributed by atoms with E-state index in [2.05, 4.69) is 5.32 Å². The van der Waals surface area contributed by atoms with Crippen LogP contribution in [0.25, 0.3) is 0 Å². The van der Waals surface area contributed by atoms with Crippen LogP contribution in [0, 0.1) is 10.1 Å². The summed E-state index contributed by atoms with van der Waals surface area (Å²) in [5.41, 5.74) is 0.461. The van der Waals surface area contributed by atoms with Gasteiger partial charge in [0.25, 0.3) is 5.91 Å². The molecule has 2 aromatic carbocycles. The number of anilines is 1. The molecule has 27 heavy (non-hydrogen) atoms. The summed E-state index contributed by atoms with van der Waals surface area (Å²) in [6, 6.07) is 14.3. The van der Waals surface area contributed by atoms with Crippen LogP contribution in [0.5, 0.6) is 5.75 Å². The van der Waals surface area contributed by atoms with Gasteiger partial charge in [-0.2, -0.15) is 0 Å². The first-order chi connectivity index (χ1) is 13.1. The number of hydrogen-bond acceptors (Lipinski definition) is 5. The van der Waals surface area contributed by atoms with Crippen molar-refractivity contribution in [2.45, 2.75) is 18.9 Å². The molecule has 0 spiro atoms. The quantitative estimate of drug-likeness (QED) is 0.623. The predicted octanol–water partition coefficient (Wildman–Crippen LogP) is 2.60. The molecule has 140 valence electrons. The normalized spacial score (nSPS) is 16.0. The van der Waals surface area contributed by atoms with Gasteiger partial charge in [0.1, 0.15) is 6.04 Å². The molecule has 2 amide bonds. The van der Waals surface area contributed by atoms with Gasteiger partial charge in [0.2, 0.25) is 5.91 Å². The van der Waals surface area contributed by atoms with Crippen molar-refractivity contribution in [3.63, 3.8) is 0 Å². The van der Waals surface area contributed by atoms with E-state index in [0.717, 1.165) is 0 Å². The Labute approximate surface area is 155 Å². The van der Waals surface area contributed by atoms with Crippen molar-refractivity contribution in [3.05, 3.63) is 64.7 Å². The Morgan fingerprint density at radius 3 is 2.59 bits per heavy atom. The summed E-state index contributed by atoms with van der Waals surface area (Å²) < 4.78 is 5.35. The average Bonchev–Trinajstić information content (AvgIpc) is 3.17. The van der Waals surface area contributed by atoms with E-state index in [1.54, 1.807) is 18.2 Å². The fraction of sp³-hybridized carbons (Fsp3) is 0.263. The van der Waals surface area contributed by atoms with Crippen LogP contribution in [0.15, 0.2) is 54.6 Å². The Morgan fingerprint density at radius 1 is 1.15 bits per heavy atom. The minimum Gasteiger partial charge on any atom is -0.477 e. The van der Waals surface area contributed by atoms with Gasteiger partial charge >= 0.3 is 5.69 Å². The highest BCUT2D eigenvalue weighted by Gasteiger charge is 2.34. The Kier molecular flexibility index (Phi) is 5.65. The van der Waals surface area contributed by atoms with E-state index in [9.17, 15) is 19.7 Å². The third-order valence-corrected chi connectivity index (χ3v) is 4.33. The molecule has 2 aromatic rings. The van der Waals surface area contributed by atoms with Gasteiger partial charge in [-0.05, 0) is 31.0 Å². The number of amides is 2. The molecule has 0 aromatic heterocycles. The lowest BCUT2D eigenvalue weighted by molar-refractivity contribution is -0.385. The first-order valence-electron chi connectivity index (χ1n) is 8.58. The highest BCUT2D eigenvalue weighted by molar-refractivity contribution is 5.97. The maximum absolute atomic E-state index is 12.5. The number of nitrogens with zero attached hydrogens (tertiary/aromatic N) is 2. The van der Waals surface area contributed by atoms with E-state index in [4.69, 9.17) is 4.74 Å². The van der Waals surface area contributed by atoms with E-state index in [1.165, 1.54) is 23.1 Å². The molecule has 1 saturated heterocycles. The first-order valence-corrected chi connectivity index (χ1v) is 8.58. The van der Waals surface area contributed by atoms with Gasteiger partial charge < -0.3 is 15.0 Å². The number of nitro benzene ring substituents is 1. The highest BCUT2D eigenvalue weighted by Crippen LogP contribution is 2.26. The summed E-state index contributed by atoms with van der Waals surface area (Å²) in [6.45, 7) is 0.0892. The van der Waals surface area contributed by atoms with Crippen LogP contribution in [0.2, 0.25) is 0 Å². The van der Waals surface area contributed by atoms with Crippen molar-refractivity contribution in [3.8, 4) is 5.75 Å². The van der Waals surface area contributed by atoms with Gasteiger partial charge in [-0.3, -0.25) is 19.7 Å². The topological polar surface area (TPSA) is 102 Å². The minimum atomic E-state index is -0.577. The predicted molar refractivity (Wildman–Crippen MR) is 98.4 cm³/mol. The second-order valence-electron chi connectivity index (χ2n) is 6.11. The smallest absolute Gasteiger partial charge is 0.310 e. The fourth-order valence-electron chi connectivity index (χ4n) is 3.04. The molecular weight excluding hydrogens is 350 g/mol. The third-order valence-electron chi connectivity index (χ3n) is 4.33. The van der Waals surface area contributed by atoms with E-state index in [0.29, 0.717) is 25.1 Å². The monoisotopic (exact) mass is 369 g/mol. The number of ether oxygens (including phenoxy) is 1. The van der Waals surface area contributed by atoms with E-state index in [1.807, 2.05) is 18.2 Å². The molecule has 3 rings (SSSR count). The zero-order valence-corrected chi connectivity index (χ0v) is 14.5. The van der Waals surface area contributed by atoms with Gasteiger partial charge in [0.05, 0.1) is 4.92 Å². The van der Waals surface area contributed by atoms with Crippen molar-refractivity contribution in [1.82, 2.24) is 4.90 Å². The van der Waals surface area contributed by atoms with Crippen molar-refractivity contribution in [1.29, 1.82) is 0 Å². The summed E-state index contributed by atoms with van der Waals surface area (Å²) in [7, 11) is 0. The number of carbonyl (C=O) groups excluding carboxylic acids is 2. The third kappa shape index (κ3) is 4.41. The summed E-state index contributed by atoms with van der Waals surface area (Å²) in [5.74, 6) is -0.600. The van der Waals surface area contributed by atoms with Crippen LogP contribution in [0.1, 0.15) is 12.8 Å². The van der Waals surface area contributed by atoms with Gasteiger partial charge in [0.15, 0.2) is 12.4 Å². The first kappa shape index (κ1) is 18.4. The van der Waals surface area contributed by atoms with E-state index in [-0.39, 0.29) is 29.9 Å². The number of benzene rings is 2. The fourth-order valence-corrected chi connectivity index (χ4v) is 3.04. The molecule has 1 atom stereocenters. The van der Waals surface area contributed by atoms with Crippen molar-refractivity contribution in [2.75, 3.05) is 18.5 Å². The van der Waals surface area contributed by atoms with E-state index >= 15 is 0 Å². The van der Waals surface area contributed by atoms with Crippen LogP contribution in [0.4, 0.5) is 11.4 Å². The molecule has 8 heteroatoms. The van der Waals surface area contributed by atoms with Crippen LogP contribution in [0.3, 0.4) is 0 Å². The SMILES string of the molecule is O=C(Nc1ccccc1)C1CCCN1C(=O)COc1ccccc1[N+](=O)[O-]. The van der Waals surface area contributed by atoms with Gasteiger partial charge in [0, 0.05) is 18.3 Å². The number of carbonyl (C=O) groups is 2. The zero-order valence-electron chi connectivity index (χ0n) is 14.5. The number of hydrogen-bond donors (Lipinski definition) is 1. The van der Waals surface area contributed by atoms with Gasteiger partial charge in [-0.15, -0.1) is 0 Å². The molecule has 8 nitrogen and oxygen atoms in total. The van der Waals surface area contributed by atoms with E-state index < -0.39 is 11.0 Å². The lowest BCUT2D eigenvalue weighted by atomic mass is 10.2. The maximum atomic E-state index is 12.5. The molecule has 1 aliphatic rings. The van der Waals surface area contributed by atoms with Crippen molar-refractivity contribution in [2.24, 2.45) is 0 Å². The summed E-state index contributed by atoms with van der Waals surface area (Å²) in [5, 5.41) is 13.8. The molecule has 0 radical (unpaired) electrons. The molecule has 0 aliphatic carbocycles. The molecule has 1 aliphatic heterocycles. The number of para-hydroxylation sites is 3. The Balaban J connectivity index is 1.62. The minimum absolute atomic E-state index is 0.0281. The van der Waals surface area contributed by atoms with Gasteiger partial charge in [-0.25, -0.2) is 0 Å². The number of rotatable bonds is 6. The molecule has 1 heterocycles. The standard InChI is InChI=1S/C19H19N3O5/c23-18(13-27-17-11-5-4-9-15(17)22(25)26)21-12-6-10-16(21)19(24)20-14-7-2-1-3-8-14/h1-5,7-9,11,16H,6,10,12-13H2,(H,20,24). The lowest BCUT2D eigenvalue weighted by Crippen LogP contribution is -2.45. The van der Waals surface area contributed by atoms with Crippen molar-refractivity contribution < 1.29 is 19.2 Å². The Hall–Kier alpha value is -3.42. The molecule has 1 unspecified atom stereocenters. The zero-order chi connectivity index (χ0) is 19.2. The number of nitro groups is 1. The Morgan fingerprint density at radius 2 is 1.85 bits per heavy atom. The Bertz CT molecular complexity index is 840. The molecule has 0 saturated carbocycles. The summed E-state index contributed by atoms with van der Waals surface area (Å²) in [6.07, 6.45) is 1.28. The summed E-state index contributed by atoms with van der Waals surface area (Å²) in [4.78, 5) is 36.9. The molecule has 1 fully saturated rings. The second kappa shape index (κ2) is 8.31. The van der Waals surface area contributed by atoms with Gasteiger partial charge in [-0.1, -0.05) is 30.3 Å². The number of likely N-dealkylation sites (tertiary alicyclic amines) is 1. The van der Waals surface area contributed by atoms with Crippen LogP contribution >= 0.6 is 0 Å². The summed E-state index contributed by atoms with van der Waals surface area (Å²) >= 11 is 0. The van der Waals surface area contributed by atoms with Crippen molar-refractivity contribution >= 4 is 23.2 Å². The maximum Gasteiger partial charge on any atom is 0.310 e.